The molecule has 6 nitrogen and oxygen atoms in total. The van der Waals surface area contributed by atoms with Crippen molar-refractivity contribution in [2.75, 3.05) is 13.7 Å². The van der Waals surface area contributed by atoms with E-state index in [4.69, 9.17) is 37.5 Å². The van der Waals surface area contributed by atoms with E-state index in [2.05, 4.69) is 10.1 Å². The summed E-state index contributed by atoms with van der Waals surface area (Å²) >= 11 is 12.2. The van der Waals surface area contributed by atoms with Crippen LogP contribution in [0.4, 0.5) is 4.39 Å². The van der Waals surface area contributed by atoms with E-state index < -0.39 is 17.4 Å². The Bertz CT molecular complexity index is 967. The lowest BCUT2D eigenvalue weighted by molar-refractivity contribution is -0.166. The number of aromatic nitrogens is 1. The van der Waals surface area contributed by atoms with Crippen LogP contribution >= 0.6 is 23.2 Å². The van der Waals surface area contributed by atoms with E-state index in [1.54, 1.807) is 13.8 Å². The van der Waals surface area contributed by atoms with Crippen LogP contribution in [0.15, 0.2) is 29.6 Å². The first-order valence-electron chi connectivity index (χ1n) is 8.40. The summed E-state index contributed by atoms with van der Waals surface area (Å²) < 4.78 is 25.0. The Morgan fingerprint density at radius 2 is 2.04 bits per heavy atom. The maximum atomic E-state index is 14.7. The van der Waals surface area contributed by atoms with Gasteiger partial charge in [0, 0.05) is 23.1 Å². The minimum absolute atomic E-state index is 0.130. The van der Waals surface area contributed by atoms with Gasteiger partial charge in [0.1, 0.15) is 16.7 Å². The van der Waals surface area contributed by atoms with Gasteiger partial charge in [0.25, 0.3) is 0 Å². The molecule has 148 valence electrons. The van der Waals surface area contributed by atoms with E-state index in [1.807, 2.05) is 0 Å². The molecule has 0 N–H and O–H groups in total. The van der Waals surface area contributed by atoms with Crippen LogP contribution in [0.5, 0.6) is 5.75 Å². The standard InChI is InChI=1S/C19H17Cl2FN2O4/c1-4-27-18(25)19(2)8-15(24-28-19)12-5-10(14(22)7-13(12)20)11-6-17(21)23-9-16(11)26-3/h5-7,9H,4,8H2,1-3H3. The van der Waals surface area contributed by atoms with Crippen molar-refractivity contribution >= 4 is 34.9 Å². The lowest BCUT2D eigenvalue weighted by atomic mass is 9.93. The van der Waals surface area contributed by atoms with E-state index in [-0.39, 0.29) is 28.8 Å². The number of carbonyl (C=O) groups excluding carboxylic acids is 1. The van der Waals surface area contributed by atoms with Gasteiger partial charge in [-0.3, -0.25) is 0 Å². The number of carbonyl (C=O) groups is 1. The normalized spacial score (nSPS) is 18.4. The second-order valence-electron chi connectivity index (χ2n) is 6.28. The number of methoxy groups -OCH3 is 1. The zero-order valence-corrected chi connectivity index (χ0v) is 16.9. The van der Waals surface area contributed by atoms with Crippen LogP contribution in [0.1, 0.15) is 25.8 Å². The fourth-order valence-corrected chi connectivity index (χ4v) is 3.26. The zero-order chi connectivity index (χ0) is 20.5. The van der Waals surface area contributed by atoms with Crippen molar-refractivity contribution in [1.82, 2.24) is 4.98 Å². The molecule has 9 heteroatoms. The Morgan fingerprint density at radius 3 is 2.71 bits per heavy atom. The van der Waals surface area contributed by atoms with Gasteiger partial charge in [0.15, 0.2) is 0 Å². The van der Waals surface area contributed by atoms with Crippen molar-refractivity contribution in [2.24, 2.45) is 5.16 Å². The van der Waals surface area contributed by atoms with Crippen molar-refractivity contribution in [1.29, 1.82) is 0 Å². The molecule has 2 heterocycles. The van der Waals surface area contributed by atoms with Crippen molar-refractivity contribution in [3.8, 4) is 16.9 Å². The highest BCUT2D eigenvalue weighted by Crippen LogP contribution is 2.37. The number of pyridine rings is 1. The minimum atomic E-state index is -1.26. The number of ether oxygens (including phenoxy) is 2. The van der Waals surface area contributed by atoms with Gasteiger partial charge in [0.2, 0.25) is 5.60 Å². The maximum Gasteiger partial charge on any atom is 0.353 e. The van der Waals surface area contributed by atoms with Crippen molar-refractivity contribution in [3.05, 3.63) is 46.0 Å². The van der Waals surface area contributed by atoms with Gasteiger partial charge in [-0.05, 0) is 32.0 Å². The van der Waals surface area contributed by atoms with Crippen LogP contribution in [-0.2, 0) is 14.4 Å². The number of benzene rings is 1. The van der Waals surface area contributed by atoms with Crippen molar-refractivity contribution < 1.29 is 23.5 Å². The molecule has 0 saturated carbocycles. The highest BCUT2D eigenvalue weighted by Gasteiger charge is 2.44. The fourth-order valence-electron chi connectivity index (χ4n) is 2.84. The number of halogens is 3. The molecule has 1 atom stereocenters. The minimum Gasteiger partial charge on any atom is -0.494 e. The lowest BCUT2D eigenvalue weighted by Crippen LogP contribution is -2.37. The molecule has 1 aromatic heterocycles. The largest absolute Gasteiger partial charge is 0.494 e. The van der Waals surface area contributed by atoms with Crippen LogP contribution in [-0.4, -0.2) is 36.0 Å². The van der Waals surface area contributed by atoms with Gasteiger partial charge in [-0.25, -0.2) is 14.2 Å². The first-order chi connectivity index (χ1) is 13.3. The van der Waals surface area contributed by atoms with Crippen molar-refractivity contribution in [2.45, 2.75) is 25.9 Å². The molecule has 0 amide bonds. The molecule has 0 saturated heterocycles. The first-order valence-corrected chi connectivity index (χ1v) is 9.16. The molecule has 1 aliphatic heterocycles. The molecule has 0 fully saturated rings. The Kier molecular flexibility index (Phi) is 5.76. The molecular formula is C19H17Cl2FN2O4. The number of esters is 1. The Balaban J connectivity index is 2.03. The number of rotatable bonds is 5. The summed E-state index contributed by atoms with van der Waals surface area (Å²) in [5.74, 6) is -0.755. The number of nitrogens with zero attached hydrogens (tertiary/aromatic N) is 2. The Labute approximate surface area is 171 Å². The molecule has 1 unspecified atom stereocenters. The highest BCUT2D eigenvalue weighted by atomic mass is 35.5. The summed E-state index contributed by atoms with van der Waals surface area (Å²) in [6.45, 7) is 3.50. The highest BCUT2D eigenvalue weighted by molar-refractivity contribution is 6.34. The monoisotopic (exact) mass is 426 g/mol. The van der Waals surface area contributed by atoms with E-state index in [0.717, 1.165) is 0 Å². The second-order valence-corrected chi connectivity index (χ2v) is 7.07. The molecule has 3 rings (SSSR count). The Hall–Kier alpha value is -2.38. The predicted octanol–water partition coefficient (Wildman–Crippen LogP) is 4.65. The van der Waals surface area contributed by atoms with Crippen LogP contribution in [0.2, 0.25) is 10.2 Å². The molecule has 2 aromatic rings. The van der Waals surface area contributed by atoms with Crippen molar-refractivity contribution in [3.63, 3.8) is 0 Å². The van der Waals surface area contributed by atoms with Gasteiger partial charge in [0.05, 0.1) is 30.6 Å². The van der Waals surface area contributed by atoms with Crippen LogP contribution in [0, 0.1) is 5.82 Å². The third kappa shape index (κ3) is 3.77. The Morgan fingerprint density at radius 1 is 1.29 bits per heavy atom. The molecule has 28 heavy (non-hydrogen) atoms. The van der Waals surface area contributed by atoms with Gasteiger partial charge >= 0.3 is 5.97 Å². The summed E-state index contributed by atoms with van der Waals surface area (Å²) in [6.07, 6.45) is 1.53. The number of hydrogen-bond donors (Lipinski definition) is 0. The lowest BCUT2D eigenvalue weighted by Gasteiger charge is -2.18. The van der Waals surface area contributed by atoms with E-state index in [0.29, 0.717) is 22.6 Å². The molecule has 0 radical (unpaired) electrons. The molecule has 0 spiro atoms. The SMILES string of the molecule is CCOC(=O)C1(C)CC(c2cc(-c3cc(Cl)ncc3OC)c(F)cc2Cl)=NO1. The third-order valence-corrected chi connectivity index (χ3v) is 4.80. The van der Waals surface area contributed by atoms with Crippen LogP contribution in [0.3, 0.4) is 0 Å². The molecule has 0 bridgehead atoms. The maximum absolute atomic E-state index is 14.7. The zero-order valence-electron chi connectivity index (χ0n) is 15.4. The van der Waals surface area contributed by atoms with Gasteiger partial charge in [-0.15, -0.1) is 0 Å². The van der Waals surface area contributed by atoms with E-state index in [1.165, 1.54) is 31.5 Å². The third-order valence-electron chi connectivity index (χ3n) is 4.28. The molecular weight excluding hydrogens is 410 g/mol. The van der Waals surface area contributed by atoms with Crippen LogP contribution < -0.4 is 4.74 Å². The number of hydrogen-bond acceptors (Lipinski definition) is 6. The predicted molar refractivity (Wildman–Crippen MR) is 103 cm³/mol. The quantitative estimate of drug-likeness (QED) is 0.513. The molecule has 1 aliphatic rings. The summed E-state index contributed by atoms with van der Waals surface area (Å²) in [7, 11) is 1.45. The summed E-state index contributed by atoms with van der Waals surface area (Å²) in [5.41, 5.74) is 0.182. The number of oxime groups is 1. The van der Waals surface area contributed by atoms with Gasteiger partial charge in [-0.1, -0.05) is 28.4 Å². The molecule has 1 aromatic carbocycles. The first kappa shape index (κ1) is 20.4. The summed E-state index contributed by atoms with van der Waals surface area (Å²) in [5, 5.41) is 4.31. The molecule has 0 aliphatic carbocycles. The fraction of sp³-hybridized carbons (Fsp3) is 0.316. The van der Waals surface area contributed by atoms with Gasteiger partial charge < -0.3 is 14.3 Å². The van der Waals surface area contributed by atoms with E-state index >= 15 is 0 Å². The van der Waals surface area contributed by atoms with Gasteiger partial charge in [-0.2, -0.15) is 0 Å². The second kappa shape index (κ2) is 7.93. The topological polar surface area (TPSA) is 70.0 Å². The average Bonchev–Trinajstić information content (AvgIpc) is 3.05. The summed E-state index contributed by atoms with van der Waals surface area (Å²) in [4.78, 5) is 21.4. The average molecular weight is 427 g/mol. The smallest absolute Gasteiger partial charge is 0.353 e. The van der Waals surface area contributed by atoms with E-state index in [9.17, 15) is 9.18 Å². The van der Waals surface area contributed by atoms with Crippen LogP contribution in [0.25, 0.3) is 11.1 Å². The summed E-state index contributed by atoms with van der Waals surface area (Å²) in [6, 6.07) is 4.18.